The summed E-state index contributed by atoms with van der Waals surface area (Å²) in [7, 11) is -4.59. The Balaban J connectivity index is 0. The first-order valence-electron chi connectivity index (χ1n) is 9.76. The zero-order valence-corrected chi connectivity index (χ0v) is 19.5. The summed E-state index contributed by atoms with van der Waals surface area (Å²) in [6, 6.07) is 0. The molecule has 0 aromatic heterocycles. The van der Waals surface area contributed by atoms with Crippen LogP contribution in [0, 0.1) is 5.92 Å². The molecular formula is C19H37NaO4S. The molecular weight excluding hydrogens is 347 g/mol. The van der Waals surface area contributed by atoms with Gasteiger partial charge in [-0.05, 0) is 12.8 Å². The SMILES string of the molecule is CCCC/C=C/C(CCCCCCCCCCC)COS(=O)(=O)[O-].[Na+]. The topological polar surface area (TPSA) is 66.4 Å². The van der Waals surface area contributed by atoms with E-state index in [2.05, 4.69) is 24.1 Å². The molecule has 0 aliphatic rings. The normalized spacial score (nSPS) is 13.1. The van der Waals surface area contributed by atoms with Crippen LogP contribution >= 0.6 is 0 Å². The molecule has 0 spiro atoms. The smallest absolute Gasteiger partial charge is 0.726 e. The molecule has 0 bridgehead atoms. The van der Waals surface area contributed by atoms with Crippen LogP contribution in [-0.2, 0) is 14.6 Å². The summed E-state index contributed by atoms with van der Waals surface area (Å²) in [5, 5.41) is 0. The third kappa shape index (κ3) is 22.6. The number of allylic oxidation sites excluding steroid dienone is 1. The number of hydrogen-bond donors (Lipinski definition) is 0. The quantitative estimate of drug-likeness (QED) is 0.127. The van der Waals surface area contributed by atoms with Gasteiger partial charge in [-0.3, -0.25) is 4.18 Å². The fourth-order valence-electron chi connectivity index (χ4n) is 2.73. The summed E-state index contributed by atoms with van der Waals surface area (Å²) < 4.78 is 36.3. The van der Waals surface area contributed by atoms with Crippen LogP contribution in [0.4, 0.5) is 0 Å². The van der Waals surface area contributed by atoms with E-state index in [4.69, 9.17) is 0 Å². The molecule has 25 heavy (non-hydrogen) atoms. The van der Waals surface area contributed by atoms with Gasteiger partial charge in [-0.2, -0.15) is 0 Å². The summed E-state index contributed by atoms with van der Waals surface area (Å²) in [5.74, 6) is 0.0233. The van der Waals surface area contributed by atoms with Gasteiger partial charge in [-0.25, -0.2) is 8.42 Å². The van der Waals surface area contributed by atoms with E-state index in [1.807, 2.05) is 6.08 Å². The van der Waals surface area contributed by atoms with Crippen LogP contribution in [0.25, 0.3) is 0 Å². The van der Waals surface area contributed by atoms with Crippen LogP contribution in [0.15, 0.2) is 12.2 Å². The maximum Gasteiger partial charge on any atom is 1.00 e. The van der Waals surface area contributed by atoms with Gasteiger partial charge in [0.05, 0.1) is 6.61 Å². The van der Waals surface area contributed by atoms with Gasteiger partial charge in [0.1, 0.15) is 0 Å². The Kier molecular flexibility index (Phi) is 21.6. The van der Waals surface area contributed by atoms with Crippen molar-refractivity contribution in [1.29, 1.82) is 0 Å². The van der Waals surface area contributed by atoms with E-state index in [0.717, 1.165) is 38.5 Å². The van der Waals surface area contributed by atoms with Gasteiger partial charge in [0.2, 0.25) is 10.4 Å². The Bertz CT molecular complexity index is 396. The predicted octanol–water partition coefficient (Wildman–Crippen LogP) is 2.75. The van der Waals surface area contributed by atoms with Crippen LogP contribution in [0.3, 0.4) is 0 Å². The van der Waals surface area contributed by atoms with Crippen molar-refractivity contribution in [2.24, 2.45) is 5.92 Å². The summed E-state index contributed by atoms with van der Waals surface area (Å²) >= 11 is 0. The van der Waals surface area contributed by atoms with E-state index >= 15 is 0 Å². The molecule has 0 fully saturated rings. The van der Waals surface area contributed by atoms with Crippen LogP contribution in [-0.4, -0.2) is 19.6 Å². The summed E-state index contributed by atoms with van der Waals surface area (Å²) in [5.41, 5.74) is 0. The maximum absolute atomic E-state index is 10.6. The van der Waals surface area contributed by atoms with Crippen molar-refractivity contribution in [2.75, 3.05) is 6.61 Å². The van der Waals surface area contributed by atoms with Crippen LogP contribution in [0.1, 0.15) is 97.3 Å². The summed E-state index contributed by atoms with van der Waals surface area (Å²) in [6.45, 7) is 4.35. The first-order chi connectivity index (χ1) is 11.5. The van der Waals surface area contributed by atoms with Gasteiger partial charge in [-0.15, -0.1) is 0 Å². The molecule has 0 saturated carbocycles. The molecule has 0 radical (unpaired) electrons. The fourth-order valence-corrected chi connectivity index (χ4v) is 3.08. The number of rotatable bonds is 17. The fraction of sp³-hybridized carbons (Fsp3) is 0.895. The molecule has 0 N–H and O–H groups in total. The van der Waals surface area contributed by atoms with Crippen molar-refractivity contribution in [2.45, 2.75) is 97.3 Å². The second-order valence-electron chi connectivity index (χ2n) is 6.64. The first kappa shape index (κ1) is 27.8. The zero-order chi connectivity index (χ0) is 18.1. The van der Waals surface area contributed by atoms with Crippen molar-refractivity contribution in [3.05, 3.63) is 12.2 Å². The van der Waals surface area contributed by atoms with E-state index < -0.39 is 10.4 Å². The van der Waals surface area contributed by atoms with Crippen LogP contribution in [0.5, 0.6) is 0 Å². The molecule has 0 amide bonds. The summed E-state index contributed by atoms with van der Waals surface area (Å²) in [6.07, 6.45) is 19.6. The molecule has 144 valence electrons. The monoisotopic (exact) mass is 384 g/mol. The molecule has 6 heteroatoms. The number of unbranched alkanes of at least 4 members (excludes halogenated alkanes) is 10. The van der Waals surface area contributed by atoms with Gasteiger partial charge < -0.3 is 4.55 Å². The van der Waals surface area contributed by atoms with Crippen molar-refractivity contribution in [1.82, 2.24) is 0 Å². The minimum absolute atomic E-state index is 0. The van der Waals surface area contributed by atoms with Crippen molar-refractivity contribution in [3.8, 4) is 0 Å². The van der Waals surface area contributed by atoms with Crippen LogP contribution < -0.4 is 29.6 Å². The molecule has 0 heterocycles. The van der Waals surface area contributed by atoms with Crippen molar-refractivity contribution < 1.29 is 46.7 Å². The van der Waals surface area contributed by atoms with Gasteiger partial charge >= 0.3 is 29.6 Å². The Labute approximate surface area is 178 Å². The average molecular weight is 385 g/mol. The van der Waals surface area contributed by atoms with Crippen LogP contribution in [0.2, 0.25) is 0 Å². The molecule has 0 saturated heterocycles. The van der Waals surface area contributed by atoms with E-state index in [0.29, 0.717) is 0 Å². The first-order valence-corrected chi connectivity index (χ1v) is 11.1. The third-order valence-electron chi connectivity index (χ3n) is 4.24. The second kappa shape index (κ2) is 19.4. The second-order valence-corrected chi connectivity index (χ2v) is 7.69. The van der Waals surface area contributed by atoms with E-state index in [-0.39, 0.29) is 42.1 Å². The zero-order valence-electron chi connectivity index (χ0n) is 16.7. The molecule has 0 aromatic carbocycles. The minimum Gasteiger partial charge on any atom is -0.726 e. The molecule has 0 aliphatic carbocycles. The van der Waals surface area contributed by atoms with Gasteiger partial charge in [0.15, 0.2) is 0 Å². The molecule has 0 aromatic rings. The standard InChI is InChI=1S/C19H38O4S.Na/c1-3-5-7-9-10-11-12-13-15-17-19(16-14-8-6-4-2)18-23-24(20,21)22;/h14,16,19H,3-13,15,17-18H2,1-2H3,(H,20,21,22);/q;+1/p-1/b16-14+;. The number of hydrogen-bond acceptors (Lipinski definition) is 4. The Morgan fingerprint density at radius 2 is 1.40 bits per heavy atom. The minimum atomic E-state index is -4.59. The Morgan fingerprint density at radius 1 is 0.880 bits per heavy atom. The van der Waals surface area contributed by atoms with E-state index in [9.17, 15) is 13.0 Å². The molecule has 0 aliphatic heterocycles. The average Bonchev–Trinajstić information content (AvgIpc) is 2.53. The summed E-state index contributed by atoms with van der Waals surface area (Å²) in [4.78, 5) is 0. The van der Waals surface area contributed by atoms with Crippen molar-refractivity contribution in [3.63, 3.8) is 0 Å². The van der Waals surface area contributed by atoms with Gasteiger partial charge in [0, 0.05) is 5.92 Å². The molecule has 1 unspecified atom stereocenters. The predicted molar refractivity (Wildman–Crippen MR) is 99.6 cm³/mol. The molecule has 4 nitrogen and oxygen atoms in total. The van der Waals surface area contributed by atoms with Crippen molar-refractivity contribution >= 4 is 10.4 Å². The van der Waals surface area contributed by atoms with E-state index in [1.165, 1.54) is 44.9 Å². The van der Waals surface area contributed by atoms with E-state index in [1.54, 1.807) is 0 Å². The third-order valence-corrected chi connectivity index (χ3v) is 4.66. The molecule has 1 atom stereocenters. The van der Waals surface area contributed by atoms with Gasteiger partial charge in [-0.1, -0.05) is 96.6 Å². The Morgan fingerprint density at radius 3 is 1.92 bits per heavy atom. The maximum atomic E-state index is 10.6. The Hall–Kier alpha value is 0.610. The molecule has 0 rings (SSSR count). The largest absolute Gasteiger partial charge is 1.00 e. The van der Waals surface area contributed by atoms with Gasteiger partial charge in [0.25, 0.3) is 0 Å².